The minimum absolute atomic E-state index is 0.0431. The lowest BCUT2D eigenvalue weighted by Gasteiger charge is -2.30. The van der Waals surface area contributed by atoms with Gasteiger partial charge in [-0.05, 0) is 45.7 Å². The Labute approximate surface area is 170 Å². The molecule has 0 aliphatic carbocycles. The van der Waals surface area contributed by atoms with Crippen LogP contribution < -0.4 is 0 Å². The molecule has 0 bridgehead atoms. The number of carbonyl (C=O) groups excluding carboxylic acids is 2. The minimum Gasteiger partial charge on any atom is -0.481 e. The third-order valence-corrected chi connectivity index (χ3v) is 4.98. The molecule has 0 saturated heterocycles. The second kappa shape index (κ2) is 9.47. The topological polar surface area (TPSA) is 102 Å². The molecule has 1 aromatic rings. The van der Waals surface area contributed by atoms with Gasteiger partial charge in [-0.25, -0.2) is 0 Å². The summed E-state index contributed by atoms with van der Waals surface area (Å²) in [4.78, 5) is 40.7. The zero-order valence-corrected chi connectivity index (χ0v) is 17.4. The molecule has 1 heterocycles. The maximum absolute atomic E-state index is 12.2. The average Bonchev–Trinajstić information content (AvgIpc) is 2.89. The van der Waals surface area contributed by atoms with Crippen LogP contribution in [0.2, 0.25) is 0 Å². The van der Waals surface area contributed by atoms with Gasteiger partial charge in [-0.2, -0.15) is 0 Å². The summed E-state index contributed by atoms with van der Waals surface area (Å²) in [6.45, 7) is 8.02. The quantitative estimate of drug-likeness (QED) is 0.420. The van der Waals surface area contributed by atoms with Crippen molar-refractivity contribution >= 4 is 17.8 Å². The smallest absolute Gasteiger partial charge is 0.306 e. The molecule has 2 amide bonds. The second-order valence-electron chi connectivity index (χ2n) is 7.86. The third-order valence-electron chi connectivity index (χ3n) is 4.98. The third kappa shape index (κ3) is 6.09. The molecule has 0 radical (unpaired) electrons. The fraction of sp³-hybridized carbons (Fsp3) is 0.571. The predicted molar refractivity (Wildman–Crippen MR) is 104 cm³/mol. The van der Waals surface area contributed by atoms with Crippen molar-refractivity contribution in [2.75, 3.05) is 19.8 Å². The van der Waals surface area contributed by atoms with Crippen LogP contribution in [0.1, 0.15) is 67.7 Å². The van der Waals surface area contributed by atoms with E-state index in [-0.39, 0.29) is 19.6 Å². The van der Waals surface area contributed by atoms with Crippen LogP contribution in [0.3, 0.4) is 0 Å². The number of carboxylic acids is 1. The fourth-order valence-electron chi connectivity index (χ4n) is 2.94. The molecule has 29 heavy (non-hydrogen) atoms. The molecule has 8 heteroatoms. The van der Waals surface area contributed by atoms with E-state index in [4.69, 9.17) is 19.4 Å². The van der Waals surface area contributed by atoms with Crippen molar-refractivity contribution in [1.29, 1.82) is 0 Å². The Morgan fingerprint density at radius 1 is 1.00 bits per heavy atom. The molecule has 1 aliphatic rings. The van der Waals surface area contributed by atoms with Crippen LogP contribution in [0.15, 0.2) is 24.3 Å². The molecular formula is C21H29NO7. The van der Waals surface area contributed by atoms with E-state index in [0.29, 0.717) is 30.6 Å². The van der Waals surface area contributed by atoms with E-state index in [1.165, 1.54) is 0 Å². The molecule has 1 aromatic carbocycles. The highest BCUT2D eigenvalue weighted by atomic mass is 16.7. The van der Waals surface area contributed by atoms with Crippen LogP contribution in [0.25, 0.3) is 0 Å². The summed E-state index contributed by atoms with van der Waals surface area (Å²) in [5.74, 6) is -1.85. The first kappa shape index (κ1) is 23.0. The second-order valence-corrected chi connectivity index (χ2v) is 7.86. The summed E-state index contributed by atoms with van der Waals surface area (Å²) in [5, 5.41) is 9.76. The summed E-state index contributed by atoms with van der Waals surface area (Å²) in [7, 11) is 0. The number of hydrogen-bond donors (Lipinski definition) is 1. The van der Waals surface area contributed by atoms with E-state index in [1.807, 2.05) is 20.8 Å². The number of fused-ring (bicyclic) bond motifs is 1. The Kier molecular flexibility index (Phi) is 7.51. The maximum atomic E-state index is 12.2. The van der Waals surface area contributed by atoms with Crippen molar-refractivity contribution in [2.24, 2.45) is 0 Å². The monoisotopic (exact) mass is 407 g/mol. The highest BCUT2D eigenvalue weighted by Gasteiger charge is 2.36. The lowest BCUT2D eigenvalue weighted by molar-refractivity contribution is -0.147. The average molecular weight is 407 g/mol. The van der Waals surface area contributed by atoms with Gasteiger partial charge in [0.05, 0.1) is 48.6 Å². The lowest BCUT2D eigenvalue weighted by atomic mass is 9.98. The summed E-state index contributed by atoms with van der Waals surface area (Å²) in [5.41, 5.74) is -0.591. The van der Waals surface area contributed by atoms with Gasteiger partial charge in [0.2, 0.25) is 0 Å². The molecule has 1 N–H and O–H groups in total. The highest BCUT2D eigenvalue weighted by Crippen LogP contribution is 2.24. The fourth-order valence-corrected chi connectivity index (χ4v) is 2.94. The number of ether oxygens (including phenoxy) is 2. The van der Waals surface area contributed by atoms with Crippen molar-refractivity contribution in [3.8, 4) is 0 Å². The standard InChI is InChI=1S/C21H29NO7/c1-5-21(4,14-17(23)24)28-11-10-20(2,3)27-12-13-29-22-18(25)15-8-6-7-9-16(15)19(22)26/h6-9H,5,10-14H2,1-4H3,(H,23,24). The molecule has 0 saturated carbocycles. The van der Waals surface area contributed by atoms with E-state index < -0.39 is 29.0 Å². The van der Waals surface area contributed by atoms with Gasteiger partial charge in [-0.15, -0.1) is 5.06 Å². The van der Waals surface area contributed by atoms with Gasteiger partial charge in [-0.1, -0.05) is 19.1 Å². The Hall–Kier alpha value is -2.29. The number of carboxylic acid groups (broad SMARTS) is 1. The van der Waals surface area contributed by atoms with Crippen LogP contribution >= 0.6 is 0 Å². The van der Waals surface area contributed by atoms with E-state index in [1.54, 1.807) is 31.2 Å². The first-order chi connectivity index (χ1) is 13.6. The van der Waals surface area contributed by atoms with Crippen molar-refractivity contribution in [3.63, 3.8) is 0 Å². The summed E-state index contributed by atoms with van der Waals surface area (Å²) < 4.78 is 11.6. The number of amides is 2. The van der Waals surface area contributed by atoms with Crippen LogP contribution in [0.5, 0.6) is 0 Å². The number of hydroxylamine groups is 2. The van der Waals surface area contributed by atoms with Gasteiger partial charge < -0.3 is 14.6 Å². The van der Waals surface area contributed by atoms with E-state index >= 15 is 0 Å². The predicted octanol–water partition coefficient (Wildman–Crippen LogP) is 3.06. The van der Waals surface area contributed by atoms with E-state index in [9.17, 15) is 14.4 Å². The van der Waals surface area contributed by atoms with Gasteiger partial charge in [-0.3, -0.25) is 19.2 Å². The van der Waals surface area contributed by atoms with Crippen LogP contribution in [-0.4, -0.2) is 59.0 Å². The molecule has 1 unspecified atom stereocenters. The zero-order valence-electron chi connectivity index (χ0n) is 17.4. The van der Waals surface area contributed by atoms with Crippen molar-refractivity contribution in [3.05, 3.63) is 35.4 Å². The van der Waals surface area contributed by atoms with Gasteiger partial charge in [0.25, 0.3) is 11.8 Å². The number of imide groups is 1. The van der Waals surface area contributed by atoms with Gasteiger partial charge in [0, 0.05) is 0 Å². The van der Waals surface area contributed by atoms with Crippen LogP contribution in [-0.2, 0) is 19.1 Å². The Bertz CT molecular complexity index is 726. The number of nitrogens with zero attached hydrogens (tertiary/aromatic N) is 1. The van der Waals surface area contributed by atoms with Gasteiger partial charge >= 0.3 is 5.97 Å². The molecular weight excluding hydrogens is 378 g/mol. The Balaban J connectivity index is 1.74. The van der Waals surface area contributed by atoms with Gasteiger partial charge in [0.1, 0.15) is 0 Å². The van der Waals surface area contributed by atoms with Crippen LogP contribution in [0.4, 0.5) is 0 Å². The number of carbonyl (C=O) groups is 3. The first-order valence-corrected chi connectivity index (χ1v) is 9.69. The summed E-state index contributed by atoms with van der Waals surface area (Å²) in [6, 6.07) is 6.57. The van der Waals surface area contributed by atoms with Crippen molar-refractivity contribution in [2.45, 2.75) is 58.2 Å². The maximum Gasteiger partial charge on any atom is 0.306 e. The highest BCUT2D eigenvalue weighted by molar-refractivity contribution is 6.20. The Morgan fingerprint density at radius 3 is 2.10 bits per heavy atom. The largest absolute Gasteiger partial charge is 0.481 e. The minimum atomic E-state index is -0.893. The number of rotatable bonds is 12. The molecule has 160 valence electrons. The Morgan fingerprint density at radius 2 is 1.59 bits per heavy atom. The number of aliphatic carboxylic acids is 1. The molecule has 0 aromatic heterocycles. The molecule has 1 atom stereocenters. The van der Waals surface area contributed by atoms with E-state index in [2.05, 4.69) is 0 Å². The van der Waals surface area contributed by atoms with Crippen molar-refractivity contribution < 1.29 is 33.8 Å². The van der Waals surface area contributed by atoms with Gasteiger partial charge in [0.15, 0.2) is 0 Å². The number of benzene rings is 1. The number of hydrogen-bond acceptors (Lipinski definition) is 6. The zero-order chi connectivity index (χ0) is 21.7. The van der Waals surface area contributed by atoms with E-state index in [0.717, 1.165) is 5.06 Å². The first-order valence-electron chi connectivity index (χ1n) is 9.69. The summed E-state index contributed by atoms with van der Waals surface area (Å²) in [6.07, 6.45) is 1.09. The molecule has 0 fully saturated rings. The molecule has 1 aliphatic heterocycles. The van der Waals surface area contributed by atoms with Crippen LogP contribution in [0, 0.1) is 0 Å². The molecule has 0 spiro atoms. The van der Waals surface area contributed by atoms with Crippen molar-refractivity contribution in [1.82, 2.24) is 5.06 Å². The summed E-state index contributed by atoms with van der Waals surface area (Å²) >= 11 is 0. The molecule has 8 nitrogen and oxygen atoms in total. The lowest BCUT2D eigenvalue weighted by Crippen LogP contribution is -2.35. The normalized spacial score (nSPS) is 16.1. The SMILES string of the molecule is CCC(C)(CC(=O)O)OCCC(C)(C)OCCON1C(=O)c2ccccc2C1=O. The molecule has 2 rings (SSSR count).